The van der Waals surface area contributed by atoms with Gasteiger partial charge in [0.25, 0.3) is 0 Å². The van der Waals surface area contributed by atoms with Crippen LogP contribution in [0.1, 0.15) is 40.0 Å². The summed E-state index contributed by atoms with van der Waals surface area (Å²) < 4.78 is 0. The molecule has 1 rings (SSSR count). The second-order valence-corrected chi connectivity index (χ2v) is 4.29. The van der Waals surface area contributed by atoms with Crippen molar-refractivity contribution in [3.8, 4) is 0 Å². The smallest absolute Gasteiger partial charge is 0.0118 e. The van der Waals surface area contributed by atoms with Crippen molar-refractivity contribution in [3.05, 3.63) is 0 Å². The second kappa shape index (κ2) is 2.37. The Morgan fingerprint density at radius 1 is 1.50 bits per heavy atom. The zero-order valence-corrected chi connectivity index (χ0v) is 7.20. The van der Waals surface area contributed by atoms with Crippen LogP contribution in [-0.4, -0.2) is 5.71 Å². The zero-order chi connectivity index (χ0) is 7.78. The molecule has 0 spiro atoms. The molecule has 0 amide bonds. The van der Waals surface area contributed by atoms with E-state index in [9.17, 15) is 0 Å². The molecule has 1 saturated carbocycles. The molecule has 0 aliphatic heterocycles. The van der Waals surface area contributed by atoms with Gasteiger partial charge in [-0.15, -0.1) is 0 Å². The maximum Gasteiger partial charge on any atom is 0.0118 e. The van der Waals surface area contributed by atoms with Crippen LogP contribution in [0.3, 0.4) is 0 Å². The van der Waals surface area contributed by atoms with Crippen molar-refractivity contribution < 1.29 is 0 Å². The molecule has 10 heavy (non-hydrogen) atoms. The molecule has 1 fully saturated rings. The molecule has 0 saturated heterocycles. The Bertz CT molecular complexity index is 147. The number of nitrogens with one attached hydrogen (secondary N) is 1. The lowest BCUT2D eigenvalue weighted by atomic mass is 9.72. The summed E-state index contributed by atoms with van der Waals surface area (Å²) in [4.78, 5) is 0. The van der Waals surface area contributed by atoms with Gasteiger partial charge in [-0.05, 0) is 30.6 Å². The normalized spacial score (nSPS) is 32.3. The summed E-state index contributed by atoms with van der Waals surface area (Å²) in [5.41, 5.74) is 1.45. The first kappa shape index (κ1) is 7.77. The number of hydrogen-bond donors (Lipinski definition) is 1. The van der Waals surface area contributed by atoms with Gasteiger partial charge in [0, 0.05) is 5.71 Å². The average molecular weight is 139 g/mol. The van der Waals surface area contributed by atoms with Crippen molar-refractivity contribution in [3.63, 3.8) is 0 Å². The number of hydrogen-bond acceptors (Lipinski definition) is 1. The molecule has 0 aromatic rings. The molecule has 0 bridgehead atoms. The Morgan fingerprint density at radius 3 is 2.50 bits per heavy atom. The Morgan fingerprint density at radius 2 is 2.10 bits per heavy atom. The summed E-state index contributed by atoms with van der Waals surface area (Å²) in [6.07, 6.45) is 3.43. The van der Waals surface area contributed by atoms with E-state index in [1.165, 1.54) is 12.8 Å². The Hall–Kier alpha value is -0.330. The number of rotatable bonds is 0. The lowest BCUT2D eigenvalue weighted by molar-refractivity contribution is 0.265. The van der Waals surface area contributed by atoms with Crippen molar-refractivity contribution in [1.82, 2.24) is 0 Å². The van der Waals surface area contributed by atoms with Gasteiger partial charge in [0.05, 0.1) is 0 Å². The fourth-order valence-corrected chi connectivity index (χ4v) is 1.77. The van der Waals surface area contributed by atoms with Gasteiger partial charge >= 0.3 is 0 Å². The van der Waals surface area contributed by atoms with Crippen molar-refractivity contribution in [1.29, 1.82) is 5.41 Å². The van der Waals surface area contributed by atoms with Crippen LogP contribution >= 0.6 is 0 Å². The molecule has 0 heterocycles. The highest BCUT2D eigenvalue weighted by atomic mass is 14.5. The average Bonchev–Trinajstić information content (AvgIpc) is 1.79. The van der Waals surface area contributed by atoms with Crippen LogP contribution in [0, 0.1) is 16.7 Å². The lowest BCUT2D eigenvalue weighted by Gasteiger charge is -2.33. The van der Waals surface area contributed by atoms with Crippen LogP contribution in [0.2, 0.25) is 0 Å². The van der Waals surface area contributed by atoms with E-state index in [0.717, 1.165) is 12.1 Å². The maximum atomic E-state index is 7.57. The molecule has 0 radical (unpaired) electrons. The largest absolute Gasteiger partial charge is 0.309 e. The Kier molecular flexibility index (Phi) is 1.84. The van der Waals surface area contributed by atoms with Gasteiger partial charge in [-0.3, -0.25) is 0 Å². The van der Waals surface area contributed by atoms with Crippen LogP contribution in [0.15, 0.2) is 0 Å². The highest BCUT2D eigenvalue weighted by molar-refractivity contribution is 5.84. The standard InChI is InChI=1S/C9H17N/c1-7-6-9(2,3)5-4-8(7)10/h7,10H,4-6H2,1-3H3. The van der Waals surface area contributed by atoms with E-state index in [1.54, 1.807) is 0 Å². The van der Waals surface area contributed by atoms with Gasteiger partial charge in [-0.2, -0.15) is 0 Å². The van der Waals surface area contributed by atoms with Crippen molar-refractivity contribution in [2.75, 3.05) is 0 Å². The molecule has 1 atom stereocenters. The monoisotopic (exact) mass is 139 g/mol. The van der Waals surface area contributed by atoms with E-state index in [-0.39, 0.29) is 0 Å². The first-order valence-electron chi connectivity index (χ1n) is 4.08. The predicted molar refractivity (Wildman–Crippen MR) is 44.5 cm³/mol. The summed E-state index contributed by atoms with van der Waals surface area (Å²) in [5.74, 6) is 0.531. The minimum Gasteiger partial charge on any atom is -0.309 e. The molecule has 1 heteroatoms. The first-order valence-corrected chi connectivity index (χ1v) is 4.08. The Balaban J connectivity index is 2.57. The molecular formula is C9H17N. The van der Waals surface area contributed by atoms with Gasteiger partial charge in [0.15, 0.2) is 0 Å². The highest BCUT2D eigenvalue weighted by Crippen LogP contribution is 2.36. The van der Waals surface area contributed by atoms with Crippen LogP contribution in [0.5, 0.6) is 0 Å². The third-order valence-electron chi connectivity index (χ3n) is 2.52. The third-order valence-corrected chi connectivity index (χ3v) is 2.52. The highest BCUT2D eigenvalue weighted by Gasteiger charge is 2.28. The van der Waals surface area contributed by atoms with E-state index >= 15 is 0 Å². The van der Waals surface area contributed by atoms with E-state index in [2.05, 4.69) is 20.8 Å². The second-order valence-electron chi connectivity index (χ2n) is 4.29. The van der Waals surface area contributed by atoms with Gasteiger partial charge in [-0.1, -0.05) is 20.8 Å². The summed E-state index contributed by atoms with van der Waals surface area (Å²) in [7, 11) is 0. The van der Waals surface area contributed by atoms with E-state index in [1.807, 2.05) is 0 Å². The SMILES string of the molecule is CC1CC(C)(C)CCC1=N. The maximum absolute atomic E-state index is 7.57. The predicted octanol–water partition coefficient (Wildman–Crippen LogP) is 2.85. The van der Waals surface area contributed by atoms with E-state index in [0.29, 0.717) is 11.3 Å². The molecule has 0 aromatic heterocycles. The van der Waals surface area contributed by atoms with Crippen LogP contribution in [0.4, 0.5) is 0 Å². The van der Waals surface area contributed by atoms with Crippen molar-refractivity contribution in [2.24, 2.45) is 11.3 Å². The van der Waals surface area contributed by atoms with Crippen LogP contribution in [-0.2, 0) is 0 Å². The van der Waals surface area contributed by atoms with Crippen LogP contribution < -0.4 is 0 Å². The van der Waals surface area contributed by atoms with Gasteiger partial charge in [0.2, 0.25) is 0 Å². The first-order chi connectivity index (χ1) is 4.51. The van der Waals surface area contributed by atoms with Gasteiger partial charge in [-0.25, -0.2) is 0 Å². The molecule has 58 valence electrons. The third kappa shape index (κ3) is 1.59. The zero-order valence-electron chi connectivity index (χ0n) is 7.20. The molecule has 0 aromatic carbocycles. The van der Waals surface area contributed by atoms with E-state index < -0.39 is 0 Å². The quantitative estimate of drug-likeness (QED) is 0.533. The molecular weight excluding hydrogens is 122 g/mol. The van der Waals surface area contributed by atoms with E-state index in [4.69, 9.17) is 5.41 Å². The topological polar surface area (TPSA) is 23.9 Å². The summed E-state index contributed by atoms with van der Waals surface area (Å²) in [6, 6.07) is 0. The van der Waals surface area contributed by atoms with Gasteiger partial charge in [0.1, 0.15) is 0 Å². The summed E-state index contributed by atoms with van der Waals surface area (Å²) >= 11 is 0. The lowest BCUT2D eigenvalue weighted by Crippen LogP contribution is -2.27. The summed E-state index contributed by atoms with van der Waals surface area (Å²) in [5, 5.41) is 7.57. The molecule has 1 unspecified atom stereocenters. The van der Waals surface area contributed by atoms with Gasteiger partial charge < -0.3 is 5.41 Å². The Labute approximate surface area is 63.3 Å². The van der Waals surface area contributed by atoms with Crippen molar-refractivity contribution >= 4 is 5.71 Å². The fraction of sp³-hybridized carbons (Fsp3) is 0.889. The van der Waals surface area contributed by atoms with Crippen molar-refractivity contribution in [2.45, 2.75) is 40.0 Å². The molecule has 1 nitrogen and oxygen atoms in total. The fourth-order valence-electron chi connectivity index (χ4n) is 1.77. The minimum atomic E-state index is 0.490. The molecule has 1 aliphatic rings. The van der Waals surface area contributed by atoms with Crippen LogP contribution in [0.25, 0.3) is 0 Å². The molecule has 1 N–H and O–H groups in total. The molecule has 1 aliphatic carbocycles. The minimum absolute atomic E-state index is 0.490. The summed E-state index contributed by atoms with van der Waals surface area (Å²) in [6.45, 7) is 6.77.